The van der Waals surface area contributed by atoms with Crippen LogP contribution in [0.1, 0.15) is 16.7 Å². The first-order valence-electron chi connectivity index (χ1n) is 5.86. The van der Waals surface area contributed by atoms with Gasteiger partial charge in [-0.05, 0) is 24.3 Å². The highest BCUT2D eigenvalue weighted by Crippen LogP contribution is 2.22. The lowest BCUT2D eigenvalue weighted by Gasteiger charge is -2.10. The predicted molar refractivity (Wildman–Crippen MR) is 69.5 cm³/mol. The third kappa shape index (κ3) is 3.13. The molecule has 0 aliphatic heterocycles. The standard InChI is InChI=1S/C15H8F3N3/c16-12-3-9(6-19)1-2-11(12)8-21-15-13(17)4-10(7-20)5-14(15)18/h1-5,21H,8H2. The van der Waals surface area contributed by atoms with Gasteiger partial charge in [-0.25, -0.2) is 13.2 Å². The summed E-state index contributed by atoms with van der Waals surface area (Å²) in [6.45, 7) is -0.155. The molecule has 104 valence electrons. The minimum atomic E-state index is -0.930. The summed E-state index contributed by atoms with van der Waals surface area (Å²) in [6.07, 6.45) is 0. The highest BCUT2D eigenvalue weighted by molar-refractivity contribution is 5.50. The van der Waals surface area contributed by atoms with Gasteiger partial charge in [0.2, 0.25) is 0 Å². The number of halogens is 3. The molecule has 2 aromatic rings. The van der Waals surface area contributed by atoms with E-state index >= 15 is 0 Å². The summed E-state index contributed by atoms with van der Waals surface area (Å²) >= 11 is 0. The Morgan fingerprint density at radius 1 is 0.857 bits per heavy atom. The van der Waals surface area contributed by atoms with Gasteiger partial charge in [0.15, 0.2) is 11.6 Å². The maximum atomic E-state index is 13.6. The van der Waals surface area contributed by atoms with Crippen molar-refractivity contribution >= 4 is 5.69 Å². The molecule has 0 aliphatic rings. The maximum absolute atomic E-state index is 13.6. The monoisotopic (exact) mass is 287 g/mol. The molecular formula is C15H8F3N3. The summed E-state index contributed by atoms with van der Waals surface area (Å²) in [5.41, 5.74) is -0.248. The van der Waals surface area contributed by atoms with Crippen LogP contribution in [0, 0.1) is 40.1 Å². The number of nitrogens with one attached hydrogen (secondary N) is 1. The largest absolute Gasteiger partial charge is 0.376 e. The highest BCUT2D eigenvalue weighted by Gasteiger charge is 2.12. The summed E-state index contributed by atoms with van der Waals surface area (Å²) in [5.74, 6) is -2.50. The van der Waals surface area contributed by atoms with Crippen molar-refractivity contribution in [1.82, 2.24) is 0 Å². The smallest absolute Gasteiger partial charge is 0.150 e. The zero-order valence-electron chi connectivity index (χ0n) is 10.6. The molecule has 0 spiro atoms. The molecule has 0 saturated heterocycles. The molecule has 0 aromatic heterocycles. The summed E-state index contributed by atoms with van der Waals surface area (Å²) in [4.78, 5) is 0. The second-order valence-corrected chi connectivity index (χ2v) is 4.20. The molecular weight excluding hydrogens is 279 g/mol. The molecule has 2 aromatic carbocycles. The van der Waals surface area contributed by atoms with Gasteiger partial charge in [-0.15, -0.1) is 0 Å². The number of nitrogens with zero attached hydrogens (tertiary/aromatic N) is 2. The molecule has 0 atom stereocenters. The van der Waals surface area contributed by atoms with Gasteiger partial charge in [-0.1, -0.05) is 6.07 Å². The van der Waals surface area contributed by atoms with Crippen LogP contribution in [0.3, 0.4) is 0 Å². The quantitative estimate of drug-likeness (QED) is 0.940. The van der Waals surface area contributed by atoms with E-state index in [9.17, 15) is 13.2 Å². The van der Waals surface area contributed by atoms with Gasteiger partial charge in [0.05, 0.1) is 23.3 Å². The van der Waals surface area contributed by atoms with Crippen LogP contribution in [-0.4, -0.2) is 0 Å². The fraction of sp³-hybridized carbons (Fsp3) is 0.0667. The molecule has 0 amide bonds. The Morgan fingerprint density at radius 2 is 1.43 bits per heavy atom. The summed E-state index contributed by atoms with van der Waals surface area (Å²) in [6, 6.07) is 9.01. The van der Waals surface area contributed by atoms with E-state index in [1.807, 2.05) is 0 Å². The van der Waals surface area contributed by atoms with Gasteiger partial charge >= 0.3 is 0 Å². The van der Waals surface area contributed by atoms with Crippen molar-refractivity contribution in [3.8, 4) is 12.1 Å². The molecule has 0 fully saturated rings. The van der Waals surface area contributed by atoms with Gasteiger partial charge in [0.25, 0.3) is 0 Å². The van der Waals surface area contributed by atoms with Gasteiger partial charge in [0.1, 0.15) is 11.5 Å². The van der Waals surface area contributed by atoms with Crippen molar-refractivity contribution in [1.29, 1.82) is 10.5 Å². The molecule has 2 rings (SSSR count). The fourth-order valence-electron chi connectivity index (χ4n) is 1.75. The van der Waals surface area contributed by atoms with E-state index in [2.05, 4.69) is 5.32 Å². The van der Waals surface area contributed by atoms with E-state index in [0.717, 1.165) is 18.2 Å². The van der Waals surface area contributed by atoms with Crippen LogP contribution in [0.15, 0.2) is 30.3 Å². The lowest BCUT2D eigenvalue weighted by atomic mass is 10.1. The Balaban J connectivity index is 2.21. The van der Waals surface area contributed by atoms with Gasteiger partial charge in [-0.2, -0.15) is 10.5 Å². The Bertz CT molecular complexity index is 750. The van der Waals surface area contributed by atoms with Crippen molar-refractivity contribution < 1.29 is 13.2 Å². The zero-order valence-corrected chi connectivity index (χ0v) is 10.6. The predicted octanol–water partition coefficient (Wildman–Crippen LogP) is 3.46. The molecule has 21 heavy (non-hydrogen) atoms. The molecule has 6 heteroatoms. The normalized spacial score (nSPS) is 9.76. The van der Waals surface area contributed by atoms with Crippen LogP contribution in [0.5, 0.6) is 0 Å². The van der Waals surface area contributed by atoms with Gasteiger partial charge in [-0.3, -0.25) is 0 Å². The van der Waals surface area contributed by atoms with Gasteiger partial charge < -0.3 is 5.32 Å². The topological polar surface area (TPSA) is 59.6 Å². The van der Waals surface area contributed by atoms with Crippen LogP contribution >= 0.6 is 0 Å². The van der Waals surface area contributed by atoms with E-state index in [0.29, 0.717) is 0 Å². The fourth-order valence-corrected chi connectivity index (χ4v) is 1.75. The van der Waals surface area contributed by atoms with E-state index in [-0.39, 0.29) is 23.2 Å². The van der Waals surface area contributed by atoms with Crippen molar-refractivity contribution in [2.45, 2.75) is 6.54 Å². The SMILES string of the molecule is N#Cc1ccc(CNc2c(F)cc(C#N)cc2F)c(F)c1. The van der Waals surface area contributed by atoms with Crippen molar-refractivity contribution in [3.63, 3.8) is 0 Å². The molecule has 0 unspecified atom stereocenters. The average molecular weight is 287 g/mol. The minimum absolute atomic E-state index is 0.139. The third-order valence-corrected chi connectivity index (χ3v) is 2.81. The Hall–Kier alpha value is -2.99. The summed E-state index contributed by atoms with van der Waals surface area (Å²) in [7, 11) is 0. The van der Waals surface area contributed by atoms with Crippen LogP contribution in [0.2, 0.25) is 0 Å². The molecule has 0 bridgehead atoms. The number of nitriles is 2. The van der Waals surface area contributed by atoms with Crippen LogP contribution < -0.4 is 5.32 Å². The number of rotatable bonds is 3. The zero-order chi connectivity index (χ0) is 15.4. The van der Waals surface area contributed by atoms with E-state index in [4.69, 9.17) is 10.5 Å². The Kier molecular flexibility index (Phi) is 4.10. The summed E-state index contributed by atoms with van der Waals surface area (Å²) < 4.78 is 40.9. The number of anilines is 1. The molecule has 0 saturated carbocycles. The van der Waals surface area contributed by atoms with Crippen molar-refractivity contribution in [2.24, 2.45) is 0 Å². The van der Waals surface area contributed by atoms with E-state index in [1.54, 1.807) is 12.1 Å². The van der Waals surface area contributed by atoms with E-state index < -0.39 is 23.1 Å². The van der Waals surface area contributed by atoms with Gasteiger partial charge in [0, 0.05) is 12.1 Å². The first kappa shape index (κ1) is 14.4. The van der Waals surface area contributed by atoms with Crippen LogP contribution in [0.25, 0.3) is 0 Å². The lowest BCUT2D eigenvalue weighted by molar-refractivity contribution is 0.584. The first-order valence-corrected chi connectivity index (χ1v) is 5.86. The lowest BCUT2D eigenvalue weighted by Crippen LogP contribution is -2.06. The molecule has 0 heterocycles. The Labute approximate surface area is 118 Å². The van der Waals surface area contributed by atoms with Crippen LogP contribution in [-0.2, 0) is 6.54 Å². The minimum Gasteiger partial charge on any atom is -0.376 e. The maximum Gasteiger partial charge on any atom is 0.150 e. The second kappa shape index (κ2) is 5.98. The number of benzene rings is 2. The van der Waals surface area contributed by atoms with Crippen molar-refractivity contribution in [3.05, 3.63) is 64.5 Å². The molecule has 3 nitrogen and oxygen atoms in total. The number of hydrogen-bond donors (Lipinski definition) is 1. The Morgan fingerprint density at radius 3 is 1.95 bits per heavy atom. The van der Waals surface area contributed by atoms with Crippen molar-refractivity contribution in [2.75, 3.05) is 5.32 Å². The average Bonchev–Trinajstić information content (AvgIpc) is 2.47. The first-order chi connectivity index (χ1) is 10.0. The molecule has 0 aliphatic carbocycles. The number of hydrogen-bond acceptors (Lipinski definition) is 3. The highest BCUT2D eigenvalue weighted by atomic mass is 19.1. The van der Waals surface area contributed by atoms with E-state index in [1.165, 1.54) is 12.1 Å². The second-order valence-electron chi connectivity index (χ2n) is 4.20. The third-order valence-electron chi connectivity index (χ3n) is 2.81. The van der Waals surface area contributed by atoms with Crippen LogP contribution in [0.4, 0.5) is 18.9 Å². The molecule has 1 N–H and O–H groups in total. The molecule has 0 radical (unpaired) electrons. The summed E-state index contributed by atoms with van der Waals surface area (Å²) in [5, 5.41) is 19.7.